The van der Waals surface area contributed by atoms with Gasteiger partial charge in [-0.05, 0) is 41.1 Å². The molecule has 162 valence electrons. The van der Waals surface area contributed by atoms with Crippen LogP contribution in [0.1, 0.15) is 11.1 Å². The monoisotopic (exact) mass is 444 g/mol. The molecule has 31 heavy (non-hydrogen) atoms. The Hall–Kier alpha value is -3.37. The Kier molecular flexibility index (Phi) is 7.27. The predicted molar refractivity (Wildman–Crippen MR) is 115 cm³/mol. The van der Waals surface area contributed by atoms with Gasteiger partial charge in [0.1, 0.15) is 6.61 Å². The van der Waals surface area contributed by atoms with Crippen LogP contribution in [0.5, 0.6) is 11.5 Å². The van der Waals surface area contributed by atoms with E-state index < -0.39 is 4.92 Å². The number of rotatable bonds is 9. The Morgan fingerprint density at radius 3 is 2.65 bits per heavy atom. The first-order chi connectivity index (χ1) is 14.9. The molecular formula is C21H20N2O7S. The Balaban J connectivity index is 1.74. The third kappa shape index (κ3) is 5.41. The lowest BCUT2D eigenvalue weighted by Gasteiger charge is -2.12. The number of benzene rings is 2. The summed E-state index contributed by atoms with van der Waals surface area (Å²) in [7, 11) is 2.99. The normalized spacial score (nSPS) is 14.9. The first-order valence-electron chi connectivity index (χ1n) is 9.21. The second-order valence-corrected chi connectivity index (χ2v) is 7.45. The number of nitro benzene ring substituents is 1. The molecule has 0 spiro atoms. The van der Waals surface area contributed by atoms with Crippen molar-refractivity contribution in [1.29, 1.82) is 0 Å². The standard InChI is InChI=1S/C21H20N2O7S/c1-28-9-8-22-20(24)19(31-21(22)25)12-14-6-7-17(18(11-14)29-2)30-13-15-4-3-5-16(10-15)23(26)27/h3-7,10-12H,8-9,13H2,1-2H3/b19-12+. The summed E-state index contributed by atoms with van der Waals surface area (Å²) in [5.74, 6) is 0.508. The van der Waals surface area contributed by atoms with Gasteiger partial charge in [-0.3, -0.25) is 24.6 Å². The van der Waals surface area contributed by atoms with E-state index >= 15 is 0 Å². The summed E-state index contributed by atoms with van der Waals surface area (Å²) in [5, 5.41) is 10.6. The molecule has 3 rings (SSSR count). The molecule has 0 aliphatic carbocycles. The minimum absolute atomic E-state index is 0.0112. The van der Waals surface area contributed by atoms with Crippen molar-refractivity contribution in [1.82, 2.24) is 4.90 Å². The summed E-state index contributed by atoms with van der Waals surface area (Å²) in [6.07, 6.45) is 1.62. The van der Waals surface area contributed by atoms with Crippen LogP contribution in [0.4, 0.5) is 10.5 Å². The van der Waals surface area contributed by atoms with Crippen molar-refractivity contribution in [3.63, 3.8) is 0 Å². The van der Waals surface area contributed by atoms with Gasteiger partial charge in [0.25, 0.3) is 16.8 Å². The lowest BCUT2D eigenvalue weighted by Crippen LogP contribution is -2.31. The first-order valence-corrected chi connectivity index (χ1v) is 10.0. The fourth-order valence-corrected chi connectivity index (χ4v) is 3.71. The van der Waals surface area contributed by atoms with Crippen molar-refractivity contribution in [2.75, 3.05) is 27.4 Å². The summed E-state index contributed by atoms with van der Waals surface area (Å²) in [6.45, 7) is 0.595. The molecule has 2 amide bonds. The molecule has 1 saturated heterocycles. The Morgan fingerprint density at radius 1 is 1.13 bits per heavy atom. The number of hydrogen-bond acceptors (Lipinski definition) is 8. The van der Waals surface area contributed by atoms with E-state index in [1.54, 1.807) is 36.4 Å². The number of thioether (sulfide) groups is 1. The number of amides is 2. The SMILES string of the molecule is COCCN1C(=O)S/C(=C/c2ccc(OCc3cccc([N+](=O)[O-])c3)c(OC)c2)C1=O. The van der Waals surface area contributed by atoms with Gasteiger partial charge in [0, 0.05) is 19.2 Å². The summed E-state index contributed by atoms with van der Waals surface area (Å²) >= 11 is 0.872. The minimum atomic E-state index is -0.462. The largest absolute Gasteiger partial charge is 0.493 e. The van der Waals surface area contributed by atoms with Crippen molar-refractivity contribution < 1.29 is 28.7 Å². The molecule has 1 heterocycles. The third-order valence-corrected chi connectivity index (χ3v) is 5.30. The molecule has 1 fully saturated rings. The van der Waals surface area contributed by atoms with Crippen LogP contribution in [-0.2, 0) is 16.1 Å². The van der Waals surface area contributed by atoms with Gasteiger partial charge in [-0.25, -0.2) is 0 Å². The number of nitro groups is 1. The van der Waals surface area contributed by atoms with E-state index in [9.17, 15) is 19.7 Å². The molecular weight excluding hydrogens is 424 g/mol. The zero-order chi connectivity index (χ0) is 22.4. The molecule has 0 bridgehead atoms. The highest BCUT2D eigenvalue weighted by molar-refractivity contribution is 8.18. The second kappa shape index (κ2) is 10.1. The van der Waals surface area contributed by atoms with Crippen molar-refractivity contribution in [2.24, 2.45) is 0 Å². The molecule has 2 aromatic rings. The van der Waals surface area contributed by atoms with Crippen LogP contribution in [0.15, 0.2) is 47.4 Å². The van der Waals surface area contributed by atoms with Gasteiger partial charge in [0.15, 0.2) is 11.5 Å². The Labute approximate surface area is 182 Å². The lowest BCUT2D eigenvalue weighted by molar-refractivity contribution is -0.384. The number of carbonyl (C=O) groups is 2. The highest BCUT2D eigenvalue weighted by Gasteiger charge is 2.34. The Morgan fingerprint density at radius 2 is 1.94 bits per heavy atom. The van der Waals surface area contributed by atoms with E-state index in [0.29, 0.717) is 27.5 Å². The predicted octanol–water partition coefficient (Wildman–Crippen LogP) is 3.87. The van der Waals surface area contributed by atoms with Crippen LogP contribution < -0.4 is 9.47 Å². The smallest absolute Gasteiger partial charge is 0.293 e. The van der Waals surface area contributed by atoms with E-state index in [1.165, 1.54) is 26.4 Å². The van der Waals surface area contributed by atoms with Crippen molar-refractivity contribution in [3.05, 3.63) is 68.6 Å². The van der Waals surface area contributed by atoms with E-state index in [2.05, 4.69) is 0 Å². The average Bonchev–Trinajstić information content (AvgIpc) is 3.03. The molecule has 2 aromatic carbocycles. The molecule has 0 unspecified atom stereocenters. The van der Waals surface area contributed by atoms with Gasteiger partial charge in [-0.2, -0.15) is 0 Å². The van der Waals surface area contributed by atoms with E-state index in [0.717, 1.165) is 16.7 Å². The van der Waals surface area contributed by atoms with Gasteiger partial charge in [-0.15, -0.1) is 0 Å². The van der Waals surface area contributed by atoms with Gasteiger partial charge in [0.2, 0.25) is 0 Å². The van der Waals surface area contributed by atoms with Crippen molar-refractivity contribution >= 4 is 34.7 Å². The molecule has 9 nitrogen and oxygen atoms in total. The molecule has 0 atom stereocenters. The third-order valence-electron chi connectivity index (χ3n) is 4.39. The summed E-state index contributed by atoms with van der Waals surface area (Å²) in [4.78, 5) is 36.4. The van der Waals surface area contributed by atoms with Crippen LogP contribution in [0.3, 0.4) is 0 Å². The molecule has 1 aliphatic heterocycles. The molecule has 0 radical (unpaired) electrons. The molecule has 1 aliphatic rings. The highest BCUT2D eigenvalue weighted by Crippen LogP contribution is 2.34. The van der Waals surface area contributed by atoms with Crippen LogP contribution in [0.25, 0.3) is 6.08 Å². The Bertz CT molecular complexity index is 1040. The molecule has 0 saturated carbocycles. The van der Waals surface area contributed by atoms with Crippen LogP contribution in [0, 0.1) is 10.1 Å². The van der Waals surface area contributed by atoms with Crippen molar-refractivity contribution in [2.45, 2.75) is 6.61 Å². The lowest BCUT2D eigenvalue weighted by atomic mass is 10.1. The number of nitrogens with zero attached hydrogens (tertiary/aromatic N) is 2. The number of carbonyl (C=O) groups excluding carboxylic acids is 2. The van der Waals surface area contributed by atoms with E-state index in [1.807, 2.05) is 0 Å². The summed E-state index contributed by atoms with van der Waals surface area (Å²) in [6, 6.07) is 11.3. The van der Waals surface area contributed by atoms with Gasteiger partial charge < -0.3 is 14.2 Å². The van der Waals surface area contributed by atoms with Gasteiger partial charge >= 0.3 is 0 Å². The zero-order valence-electron chi connectivity index (χ0n) is 16.9. The maximum Gasteiger partial charge on any atom is 0.293 e. The fourth-order valence-electron chi connectivity index (χ4n) is 2.84. The topological polar surface area (TPSA) is 108 Å². The highest BCUT2D eigenvalue weighted by atomic mass is 32.2. The van der Waals surface area contributed by atoms with Crippen molar-refractivity contribution in [3.8, 4) is 11.5 Å². The molecule has 0 N–H and O–H groups in total. The number of methoxy groups -OCH3 is 2. The average molecular weight is 444 g/mol. The summed E-state index contributed by atoms with van der Waals surface area (Å²) < 4.78 is 16.1. The van der Waals surface area contributed by atoms with Crippen LogP contribution in [0.2, 0.25) is 0 Å². The number of ether oxygens (including phenoxy) is 3. The van der Waals surface area contributed by atoms with Crippen LogP contribution >= 0.6 is 11.8 Å². The number of imide groups is 1. The summed E-state index contributed by atoms with van der Waals surface area (Å²) in [5.41, 5.74) is 1.30. The maximum absolute atomic E-state index is 12.4. The molecule has 10 heteroatoms. The van der Waals surface area contributed by atoms with E-state index in [-0.39, 0.29) is 36.6 Å². The van der Waals surface area contributed by atoms with Crippen LogP contribution in [-0.4, -0.2) is 48.3 Å². The van der Waals surface area contributed by atoms with Gasteiger partial charge in [-0.1, -0.05) is 18.2 Å². The first kappa shape index (κ1) is 22.3. The van der Waals surface area contributed by atoms with Gasteiger partial charge in [0.05, 0.1) is 30.1 Å². The fraction of sp³-hybridized carbons (Fsp3) is 0.238. The zero-order valence-corrected chi connectivity index (χ0v) is 17.7. The minimum Gasteiger partial charge on any atom is -0.493 e. The number of hydrogen-bond donors (Lipinski definition) is 0. The second-order valence-electron chi connectivity index (χ2n) is 6.45. The number of non-ortho nitro benzene ring substituents is 1. The van der Waals surface area contributed by atoms with E-state index in [4.69, 9.17) is 14.2 Å². The molecule has 0 aromatic heterocycles. The quantitative estimate of drug-likeness (QED) is 0.326. The maximum atomic E-state index is 12.4.